The standard InChI is InChI=1S/C11H9ClF5NO2/c1-5-3-7(8(20-2)4-6(5)12)18-9(19)10(13,14)11(15,16)17/h3-4H,1-2H3,(H,18,19). The van der Waals surface area contributed by atoms with Crippen LogP contribution in [0.3, 0.4) is 0 Å². The van der Waals surface area contributed by atoms with Crippen molar-refractivity contribution in [1.29, 1.82) is 0 Å². The molecule has 0 saturated carbocycles. The molecule has 0 aliphatic heterocycles. The molecular weight excluding hydrogens is 309 g/mol. The van der Waals surface area contributed by atoms with Gasteiger partial charge in [0.1, 0.15) is 5.75 Å². The van der Waals surface area contributed by atoms with Crippen LogP contribution in [0.15, 0.2) is 12.1 Å². The Kier molecular flexibility index (Phi) is 4.48. The van der Waals surface area contributed by atoms with E-state index in [1.54, 1.807) is 0 Å². The third kappa shape index (κ3) is 3.12. The molecule has 1 aromatic rings. The average molecular weight is 318 g/mol. The molecule has 1 aromatic carbocycles. The van der Waals surface area contributed by atoms with Crippen molar-refractivity contribution in [1.82, 2.24) is 0 Å². The summed E-state index contributed by atoms with van der Waals surface area (Å²) in [5, 5.41) is 1.69. The number of benzene rings is 1. The van der Waals surface area contributed by atoms with Gasteiger partial charge in [0.05, 0.1) is 12.8 Å². The molecule has 1 rings (SSSR count). The lowest BCUT2D eigenvalue weighted by Crippen LogP contribution is -2.47. The summed E-state index contributed by atoms with van der Waals surface area (Å²) in [7, 11) is 1.15. The van der Waals surface area contributed by atoms with Crippen molar-refractivity contribution in [2.45, 2.75) is 19.0 Å². The van der Waals surface area contributed by atoms with E-state index in [9.17, 15) is 26.7 Å². The molecule has 0 aliphatic carbocycles. The number of anilines is 1. The van der Waals surface area contributed by atoms with Gasteiger partial charge in [-0.05, 0) is 18.6 Å². The zero-order chi connectivity index (χ0) is 15.7. The second kappa shape index (κ2) is 5.43. The predicted octanol–water partition coefficient (Wildman–Crippen LogP) is 3.79. The van der Waals surface area contributed by atoms with Crippen LogP contribution in [0.1, 0.15) is 5.56 Å². The number of ether oxygens (including phenoxy) is 1. The first-order valence-corrected chi connectivity index (χ1v) is 5.48. The van der Waals surface area contributed by atoms with Crippen LogP contribution in [-0.2, 0) is 4.79 Å². The van der Waals surface area contributed by atoms with Gasteiger partial charge >= 0.3 is 18.0 Å². The number of alkyl halides is 5. The molecule has 0 atom stereocenters. The van der Waals surface area contributed by atoms with E-state index in [0.717, 1.165) is 13.2 Å². The fourth-order valence-electron chi connectivity index (χ4n) is 1.26. The Morgan fingerprint density at radius 2 is 1.80 bits per heavy atom. The summed E-state index contributed by atoms with van der Waals surface area (Å²) in [5.74, 6) is -8.14. The quantitative estimate of drug-likeness (QED) is 0.861. The zero-order valence-electron chi connectivity index (χ0n) is 10.2. The van der Waals surface area contributed by atoms with Crippen LogP contribution < -0.4 is 10.1 Å². The molecule has 0 saturated heterocycles. The van der Waals surface area contributed by atoms with E-state index >= 15 is 0 Å². The molecule has 1 N–H and O–H groups in total. The van der Waals surface area contributed by atoms with Crippen molar-refractivity contribution in [2.75, 3.05) is 12.4 Å². The SMILES string of the molecule is COc1cc(Cl)c(C)cc1NC(=O)C(F)(F)C(F)(F)F. The molecule has 0 fully saturated rings. The van der Waals surface area contributed by atoms with E-state index in [0.29, 0.717) is 5.56 Å². The molecule has 0 bridgehead atoms. The van der Waals surface area contributed by atoms with Crippen molar-refractivity contribution < 1.29 is 31.5 Å². The zero-order valence-corrected chi connectivity index (χ0v) is 11.0. The van der Waals surface area contributed by atoms with E-state index in [1.807, 2.05) is 0 Å². The Morgan fingerprint density at radius 1 is 1.25 bits per heavy atom. The van der Waals surface area contributed by atoms with Gasteiger partial charge in [0.15, 0.2) is 0 Å². The lowest BCUT2D eigenvalue weighted by atomic mass is 10.2. The van der Waals surface area contributed by atoms with Gasteiger partial charge in [-0.25, -0.2) is 0 Å². The minimum atomic E-state index is -5.98. The van der Waals surface area contributed by atoms with E-state index in [4.69, 9.17) is 16.3 Å². The van der Waals surface area contributed by atoms with Crippen LogP contribution in [0.2, 0.25) is 5.02 Å². The highest BCUT2D eigenvalue weighted by molar-refractivity contribution is 6.31. The molecule has 0 radical (unpaired) electrons. The fraction of sp³-hybridized carbons (Fsp3) is 0.364. The van der Waals surface area contributed by atoms with Crippen LogP contribution >= 0.6 is 11.6 Å². The van der Waals surface area contributed by atoms with Gasteiger partial charge in [-0.3, -0.25) is 4.79 Å². The molecule has 0 aromatic heterocycles. The molecule has 1 amide bonds. The van der Waals surface area contributed by atoms with E-state index < -0.39 is 18.0 Å². The van der Waals surface area contributed by atoms with Crippen LogP contribution in [0, 0.1) is 6.92 Å². The first-order valence-electron chi connectivity index (χ1n) is 5.11. The smallest absolute Gasteiger partial charge is 0.463 e. The number of halogens is 6. The maximum atomic E-state index is 12.8. The lowest BCUT2D eigenvalue weighted by molar-refractivity contribution is -0.267. The number of hydrogen-bond acceptors (Lipinski definition) is 2. The van der Waals surface area contributed by atoms with E-state index in [1.165, 1.54) is 18.3 Å². The van der Waals surface area contributed by atoms with Crippen molar-refractivity contribution in [3.05, 3.63) is 22.7 Å². The monoisotopic (exact) mass is 317 g/mol. The molecule has 0 heterocycles. The lowest BCUT2D eigenvalue weighted by Gasteiger charge is -2.19. The predicted molar refractivity (Wildman–Crippen MR) is 62.4 cm³/mol. The number of carbonyl (C=O) groups excluding carboxylic acids is 1. The number of nitrogens with one attached hydrogen (secondary N) is 1. The van der Waals surface area contributed by atoms with Crippen molar-refractivity contribution in [2.24, 2.45) is 0 Å². The second-order valence-electron chi connectivity index (χ2n) is 3.83. The summed E-state index contributed by atoms with van der Waals surface area (Å²) >= 11 is 5.74. The summed E-state index contributed by atoms with van der Waals surface area (Å²) in [6, 6.07) is 2.32. The summed E-state index contributed by atoms with van der Waals surface area (Å²) in [6.45, 7) is 1.49. The summed E-state index contributed by atoms with van der Waals surface area (Å²) < 4.78 is 66.5. The molecule has 0 unspecified atom stereocenters. The summed E-state index contributed by atoms with van der Waals surface area (Å²) in [4.78, 5) is 11.1. The minimum Gasteiger partial charge on any atom is -0.495 e. The Hall–Kier alpha value is -1.57. The van der Waals surface area contributed by atoms with Crippen LogP contribution in [0.25, 0.3) is 0 Å². The second-order valence-corrected chi connectivity index (χ2v) is 4.24. The Bertz CT molecular complexity index is 530. The number of hydrogen-bond donors (Lipinski definition) is 1. The highest BCUT2D eigenvalue weighted by Crippen LogP contribution is 2.38. The topological polar surface area (TPSA) is 38.3 Å². The Balaban J connectivity index is 3.11. The van der Waals surface area contributed by atoms with Crippen molar-refractivity contribution in [3.63, 3.8) is 0 Å². The molecular formula is C11H9ClF5NO2. The molecule has 9 heteroatoms. The van der Waals surface area contributed by atoms with Gasteiger partial charge in [0.25, 0.3) is 0 Å². The summed E-state index contributed by atoms with van der Waals surface area (Å²) in [6.07, 6.45) is -5.98. The van der Waals surface area contributed by atoms with Crippen LogP contribution in [-0.4, -0.2) is 25.1 Å². The highest BCUT2D eigenvalue weighted by Gasteiger charge is 2.63. The fourth-order valence-corrected chi connectivity index (χ4v) is 1.41. The number of methoxy groups -OCH3 is 1. The normalized spacial score (nSPS) is 12.2. The first-order chi connectivity index (χ1) is 9.00. The van der Waals surface area contributed by atoms with Gasteiger partial charge < -0.3 is 10.1 Å². The summed E-state index contributed by atoms with van der Waals surface area (Å²) in [5.41, 5.74) is 0.0430. The maximum Gasteiger partial charge on any atom is 0.463 e. The number of aryl methyl sites for hydroxylation is 1. The van der Waals surface area contributed by atoms with Gasteiger partial charge in [-0.15, -0.1) is 0 Å². The first kappa shape index (κ1) is 16.5. The van der Waals surface area contributed by atoms with Crippen molar-refractivity contribution >= 4 is 23.2 Å². The van der Waals surface area contributed by atoms with Gasteiger partial charge in [-0.1, -0.05) is 11.6 Å². The average Bonchev–Trinajstić information content (AvgIpc) is 2.31. The van der Waals surface area contributed by atoms with Gasteiger partial charge in [0.2, 0.25) is 0 Å². The van der Waals surface area contributed by atoms with Gasteiger partial charge in [0, 0.05) is 11.1 Å². The molecule has 3 nitrogen and oxygen atoms in total. The largest absolute Gasteiger partial charge is 0.495 e. The van der Waals surface area contributed by atoms with Crippen LogP contribution in [0.4, 0.5) is 27.6 Å². The maximum absolute atomic E-state index is 12.8. The van der Waals surface area contributed by atoms with Gasteiger partial charge in [-0.2, -0.15) is 22.0 Å². The van der Waals surface area contributed by atoms with E-state index in [2.05, 4.69) is 0 Å². The Labute approximate surface area is 115 Å². The van der Waals surface area contributed by atoms with Crippen LogP contribution in [0.5, 0.6) is 5.75 Å². The highest BCUT2D eigenvalue weighted by atomic mass is 35.5. The van der Waals surface area contributed by atoms with Crippen molar-refractivity contribution in [3.8, 4) is 5.75 Å². The number of rotatable bonds is 3. The number of carbonyl (C=O) groups is 1. The Morgan fingerprint density at radius 3 is 2.25 bits per heavy atom. The third-order valence-corrected chi connectivity index (χ3v) is 2.78. The number of amides is 1. The third-order valence-electron chi connectivity index (χ3n) is 2.37. The molecule has 0 aliphatic rings. The molecule has 0 spiro atoms. The molecule has 20 heavy (non-hydrogen) atoms. The van der Waals surface area contributed by atoms with E-state index in [-0.39, 0.29) is 16.5 Å². The molecule has 112 valence electrons. The minimum absolute atomic E-state index is 0.132.